The summed E-state index contributed by atoms with van der Waals surface area (Å²) in [5.41, 5.74) is 0.736. The molecule has 0 saturated carbocycles. The van der Waals surface area contributed by atoms with Gasteiger partial charge in [-0.1, -0.05) is 18.2 Å². The van der Waals surface area contributed by atoms with Crippen molar-refractivity contribution in [3.05, 3.63) is 65.5 Å². The number of alkyl halides is 3. The number of pyridine rings is 1. The molecule has 0 bridgehead atoms. The van der Waals surface area contributed by atoms with Crippen LogP contribution in [0.4, 0.5) is 18.0 Å². The monoisotopic (exact) mass is 406 g/mol. The first-order valence-corrected chi connectivity index (χ1v) is 9.13. The second-order valence-electron chi connectivity index (χ2n) is 6.89. The number of nitrogens with zero attached hydrogens (tertiary/aromatic N) is 3. The van der Waals surface area contributed by atoms with Crippen molar-refractivity contribution >= 4 is 11.9 Å². The van der Waals surface area contributed by atoms with Gasteiger partial charge in [0.2, 0.25) is 5.91 Å². The van der Waals surface area contributed by atoms with Gasteiger partial charge in [-0.05, 0) is 36.2 Å². The maximum atomic E-state index is 12.6. The number of rotatable bonds is 4. The van der Waals surface area contributed by atoms with Gasteiger partial charge in [-0.25, -0.2) is 4.79 Å². The van der Waals surface area contributed by atoms with E-state index in [0.717, 1.165) is 17.7 Å². The lowest BCUT2D eigenvalue weighted by atomic mass is 10.1. The molecule has 1 N–H and O–H groups in total. The second-order valence-corrected chi connectivity index (χ2v) is 6.89. The standard InChI is InChI=1S/C20H21F3N4O2/c1-14(16-3-2-8-24-11-16)25-19(29)27-10-9-26(18(28)13-27)12-15-4-6-17(7-5-15)20(21,22)23/h2-8,11,14H,9-10,12-13H2,1H3,(H,25,29)/t14-/m1/s1. The average Bonchev–Trinajstić information content (AvgIpc) is 2.70. The van der Waals surface area contributed by atoms with E-state index in [2.05, 4.69) is 10.3 Å². The fraction of sp³-hybridized carbons (Fsp3) is 0.350. The van der Waals surface area contributed by atoms with Crippen LogP contribution in [-0.2, 0) is 17.5 Å². The highest BCUT2D eigenvalue weighted by Crippen LogP contribution is 2.29. The van der Waals surface area contributed by atoms with E-state index in [1.807, 2.05) is 13.0 Å². The fourth-order valence-corrected chi connectivity index (χ4v) is 3.06. The van der Waals surface area contributed by atoms with Crippen LogP contribution < -0.4 is 5.32 Å². The van der Waals surface area contributed by atoms with Crippen LogP contribution in [0.3, 0.4) is 0 Å². The molecule has 1 aromatic heterocycles. The summed E-state index contributed by atoms with van der Waals surface area (Å²) in [4.78, 5) is 31.8. The van der Waals surface area contributed by atoms with Crippen molar-refractivity contribution in [1.29, 1.82) is 0 Å². The van der Waals surface area contributed by atoms with E-state index in [1.165, 1.54) is 21.9 Å². The normalized spacial score (nSPS) is 15.9. The molecule has 2 heterocycles. The number of carbonyl (C=O) groups excluding carboxylic acids is 2. The summed E-state index contributed by atoms with van der Waals surface area (Å²) in [6, 6.07) is 7.77. The molecule has 2 aromatic rings. The van der Waals surface area contributed by atoms with E-state index < -0.39 is 11.7 Å². The number of aromatic nitrogens is 1. The lowest BCUT2D eigenvalue weighted by molar-refractivity contribution is -0.138. The summed E-state index contributed by atoms with van der Waals surface area (Å²) < 4.78 is 37.9. The molecule has 0 aliphatic carbocycles. The van der Waals surface area contributed by atoms with Gasteiger partial charge in [-0.15, -0.1) is 0 Å². The van der Waals surface area contributed by atoms with Gasteiger partial charge in [-0.2, -0.15) is 13.2 Å². The van der Waals surface area contributed by atoms with Gasteiger partial charge in [0.15, 0.2) is 0 Å². The molecule has 29 heavy (non-hydrogen) atoms. The Hall–Kier alpha value is -3.10. The van der Waals surface area contributed by atoms with E-state index in [-0.39, 0.29) is 31.1 Å². The molecule has 3 amide bonds. The van der Waals surface area contributed by atoms with Crippen LogP contribution in [0.5, 0.6) is 0 Å². The fourth-order valence-electron chi connectivity index (χ4n) is 3.06. The Morgan fingerprint density at radius 1 is 1.21 bits per heavy atom. The Morgan fingerprint density at radius 3 is 2.52 bits per heavy atom. The number of piperazine rings is 1. The molecule has 1 atom stereocenters. The highest BCUT2D eigenvalue weighted by atomic mass is 19.4. The highest BCUT2D eigenvalue weighted by molar-refractivity contribution is 5.85. The van der Waals surface area contributed by atoms with Crippen LogP contribution >= 0.6 is 0 Å². The van der Waals surface area contributed by atoms with E-state index >= 15 is 0 Å². The average molecular weight is 406 g/mol. The zero-order chi connectivity index (χ0) is 21.0. The molecule has 0 unspecified atom stereocenters. The summed E-state index contributed by atoms with van der Waals surface area (Å²) in [5, 5.41) is 2.84. The van der Waals surface area contributed by atoms with Crippen LogP contribution in [0.15, 0.2) is 48.8 Å². The minimum absolute atomic E-state index is 0.0772. The van der Waals surface area contributed by atoms with Crippen molar-refractivity contribution in [1.82, 2.24) is 20.1 Å². The van der Waals surface area contributed by atoms with Crippen molar-refractivity contribution < 1.29 is 22.8 Å². The molecule has 1 aliphatic heterocycles. The number of amides is 3. The number of urea groups is 1. The van der Waals surface area contributed by atoms with Crippen LogP contribution in [0.25, 0.3) is 0 Å². The molecular formula is C20H21F3N4O2. The Labute approximate surface area is 166 Å². The van der Waals surface area contributed by atoms with Gasteiger partial charge in [0.25, 0.3) is 0 Å². The van der Waals surface area contributed by atoms with Crippen molar-refractivity contribution in [2.24, 2.45) is 0 Å². The van der Waals surface area contributed by atoms with Gasteiger partial charge in [0.1, 0.15) is 6.54 Å². The van der Waals surface area contributed by atoms with Crippen molar-refractivity contribution in [2.75, 3.05) is 19.6 Å². The number of hydrogen-bond donors (Lipinski definition) is 1. The third-order valence-electron chi connectivity index (χ3n) is 4.78. The molecule has 1 saturated heterocycles. The summed E-state index contributed by atoms with van der Waals surface area (Å²) in [6.45, 7) is 2.62. The molecule has 1 fully saturated rings. The summed E-state index contributed by atoms with van der Waals surface area (Å²) in [6.07, 6.45) is -1.08. The van der Waals surface area contributed by atoms with Gasteiger partial charge < -0.3 is 15.1 Å². The first-order chi connectivity index (χ1) is 13.7. The lowest BCUT2D eigenvalue weighted by Gasteiger charge is -2.35. The molecule has 0 radical (unpaired) electrons. The Kier molecular flexibility index (Phi) is 6.05. The third-order valence-corrected chi connectivity index (χ3v) is 4.78. The Balaban J connectivity index is 1.53. The minimum Gasteiger partial charge on any atom is -0.335 e. The zero-order valence-electron chi connectivity index (χ0n) is 15.8. The van der Waals surface area contributed by atoms with E-state index in [9.17, 15) is 22.8 Å². The Morgan fingerprint density at radius 2 is 1.93 bits per heavy atom. The zero-order valence-corrected chi connectivity index (χ0v) is 15.8. The van der Waals surface area contributed by atoms with Crippen LogP contribution in [0.2, 0.25) is 0 Å². The van der Waals surface area contributed by atoms with Gasteiger partial charge >= 0.3 is 12.2 Å². The largest absolute Gasteiger partial charge is 0.416 e. The highest BCUT2D eigenvalue weighted by Gasteiger charge is 2.31. The number of carbonyl (C=O) groups is 2. The number of halogens is 3. The Bertz CT molecular complexity index is 856. The van der Waals surface area contributed by atoms with Crippen LogP contribution in [0, 0.1) is 0 Å². The molecule has 0 spiro atoms. The second kappa shape index (κ2) is 8.50. The van der Waals surface area contributed by atoms with Gasteiger partial charge in [0.05, 0.1) is 11.6 Å². The van der Waals surface area contributed by atoms with Crippen molar-refractivity contribution in [3.63, 3.8) is 0 Å². The topological polar surface area (TPSA) is 65.5 Å². The van der Waals surface area contributed by atoms with E-state index in [1.54, 1.807) is 18.5 Å². The van der Waals surface area contributed by atoms with Crippen molar-refractivity contribution in [2.45, 2.75) is 25.7 Å². The minimum atomic E-state index is -4.39. The first kappa shape index (κ1) is 20.6. The quantitative estimate of drug-likeness (QED) is 0.848. The maximum Gasteiger partial charge on any atom is 0.416 e. The molecule has 1 aromatic carbocycles. The number of benzene rings is 1. The molecule has 154 valence electrons. The van der Waals surface area contributed by atoms with E-state index in [4.69, 9.17) is 0 Å². The summed E-state index contributed by atoms with van der Waals surface area (Å²) in [7, 11) is 0. The van der Waals surface area contributed by atoms with Crippen LogP contribution in [-0.4, -0.2) is 46.4 Å². The number of hydrogen-bond acceptors (Lipinski definition) is 3. The predicted molar refractivity (Wildman–Crippen MR) is 99.6 cm³/mol. The van der Waals surface area contributed by atoms with Crippen LogP contribution in [0.1, 0.15) is 29.7 Å². The molecule has 6 nitrogen and oxygen atoms in total. The summed E-state index contributed by atoms with van der Waals surface area (Å²) in [5.74, 6) is -0.250. The van der Waals surface area contributed by atoms with Gasteiger partial charge in [0, 0.05) is 32.0 Å². The first-order valence-electron chi connectivity index (χ1n) is 9.13. The smallest absolute Gasteiger partial charge is 0.335 e. The molecular weight excluding hydrogens is 385 g/mol. The summed E-state index contributed by atoms with van der Waals surface area (Å²) >= 11 is 0. The third kappa shape index (κ3) is 5.24. The predicted octanol–water partition coefficient (Wildman–Crippen LogP) is 3.22. The maximum absolute atomic E-state index is 12.6. The SMILES string of the molecule is C[C@@H](NC(=O)N1CCN(Cc2ccc(C(F)(F)F)cc2)C(=O)C1)c1cccnc1. The number of nitrogens with one attached hydrogen (secondary N) is 1. The molecule has 9 heteroatoms. The van der Waals surface area contributed by atoms with Gasteiger partial charge in [-0.3, -0.25) is 9.78 Å². The lowest BCUT2D eigenvalue weighted by Crippen LogP contribution is -2.54. The van der Waals surface area contributed by atoms with Crippen molar-refractivity contribution in [3.8, 4) is 0 Å². The molecule has 3 rings (SSSR count). The molecule has 1 aliphatic rings. The van der Waals surface area contributed by atoms with E-state index in [0.29, 0.717) is 18.7 Å².